The Morgan fingerprint density at radius 1 is 1.57 bits per heavy atom. The number of nitrogens with one attached hydrogen (secondary N) is 1. The second-order valence-electron chi connectivity index (χ2n) is 4.11. The molecule has 21 heavy (non-hydrogen) atoms. The maximum Gasteiger partial charge on any atom is 0.350 e. The number of hydrogen-bond acceptors (Lipinski definition) is 6. The number of thiazole rings is 1. The van der Waals surface area contributed by atoms with Crippen LogP contribution >= 0.6 is 11.3 Å². The molecule has 0 aliphatic rings. The molecule has 2 aromatic heterocycles. The summed E-state index contributed by atoms with van der Waals surface area (Å²) in [6, 6.07) is 0. The highest BCUT2D eigenvalue weighted by atomic mass is 32.1. The van der Waals surface area contributed by atoms with Gasteiger partial charge in [0.05, 0.1) is 24.7 Å². The van der Waals surface area contributed by atoms with Crippen molar-refractivity contribution in [3.63, 3.8) is 0 Å². The molecule has 0 saturated carbocycles. The van der Waals surface area contributed by atoms with E-state index in [9.17, 15) is 13.6 Å². The fourth-order valence-corrected chi connectivity index (χ4v) is 2.68. The number of rotatable bonds is 6. The van der Waals surface area contributed by atoms with E-state index in [1.54, 1.807) is 0 Å². The number of ether oxygens (including phenoxy) is 1. The van der Waals surface area contributed by atoms with Gasteiger partial charge in [0.15, 0.2) is 5.13 Å². The number of alkyl halides is 2. The molecule has 2 heterocycles. The van der Waals surface area contributed by atoms with Crippen molar-refractivity contribution in [3.05, 3.63) is 23.0 Å². The first-order valence-corrected chi connectivity index (χ1v) is 7.00. The number of carbonyl (C=O) groups excluding carboxylic acids is 1. The van der Waals surface area contributed by atoms with Gasteiger partial charge in [0.2, 0.25) is 0 Å². The second-order valence-corrected chi connectivity index (χ2v) is 5.11. The maximum atomic E-state index is 12.2. The lowest BCUT2D eigenvalue weighted by atomic mass is 10.3. The summed E-state index contributed by atoms with van der Waals surface area (Å²) < 4.78 is 30.3. The van der Waals surface area contributed by atoms with E-state index < -0.39 is 18.9 Å². The lowest BCUT2D eigenvalue weighted by Gasteiger charge is -1.98. The Balaban J connectivity index is 2.14. The molecule has 114 valence electrons. The quantitative estimate of drug-likeness (QED) is 0.830. The summed E-state index contributed by atoms with van der Waals surface area (Å²) in [6.07, 6.45) is 1.01. The van der Waals surface area contributed by atoms with Gasteiger partial charge < -0.3 is 10.1 Å². The molecule has 6 nitrogen and oxygen atoms in total. The number of hydrogen-bond donors (Lipinski definition) is 1. The highest BCUT2D eigenvalue weighted by Gasteiger charge is 2.17. The molecule has 0 atom stereocenters. The van der Waals surface area contributed by atoms with E-state index in [0.29, 0.717) is 27.8 Å². The van der Waals surface area contributed by atoms with Crippen molar-refractivity contribution in [2.75, 3.05) is 12.4 Å². The Hall–Kier alpha value is -2.03. The predicted octanol–water partition coefficient (Wildman–Crippen LogP) is 2.70. The van der Waals surface area contributed by atoms with Gasteiger partial charge in [-0.2, -0.15) is 5.10 Å². The van der Waals surface area contributed by atoms with Gasteiger partial charge in [0.1, 0.15) is 11.4 Å². The standard InChI is InChI=1S/C12H14F2N4O2S/c1-3-8-10(11(19)20-2)21-12(17-8)16-7-4-15-18(5-7)6-9(13)14/h4-5,9H,3,6H2,1-2H3,(H,16,17). The normalized spacial score (nSPS) is 10.9. The summed E-state index contributed by atoms with van der Waals surface area (Å²) in [5.41, 5.74) is 1.16. The van der Waals surface area contributed by atoms with Crippen LogP contribution in [0.25, 0.3) is 0 Å². The summed E-state index contributed by atoms with van der Waals surface area (Å²) in [4.78, 5) is 16.3. The smallest absolute Gasteiger partial charge is 0.350 e. The van der Waals surface area contributed by atoms with Crippen LogP contribution in [0.1, 0.15) is 22.3 Å². The van der Waals surface area contributed by atoms with Crippen molar-refractivity contribution in [1.29, 1.82) is 0 Å². The van der Waals surface area contributed by atoms with Crippen LogP contribution in [-0.2, 0) is 17.7 Å². The Bertz CT molecular complexity index is 627. The van der Waals surface area contributed by atoms with Crippen LogP contribution in [0, 0.1) is 0 Å². The summed E-state index contributed by atoms with van der Waals surface area (Å²) >= 11 is 1.15. The Kier molecular flexibility index (Phi) is 4.84. The molecule has 0 saturated heterocycles. The number of anilines is 2. The van der Waals surface area contributed by atoms with E-state index in [2.05, 4.69) is 15.4 Å². The summed E-state index contributed by atoms with van der Waals surface area (Å²) in [5.74, 6) is -0.439. The maximum absolute atomic E-state index is 12.2. The van der Waals surface area contributed by atoms with Crippen molar-refractivity contribution in [1.82, 2.24) is 14.8 Å². The molecule has 9 heteroatoms. The summed E-state index contributed by atoms with van der Waals surface area (Å²) in [6.45, 7) is 1.42. The Morgan fingerprint density at radius 3 is 2.95 bits per heavy atom. The molecule has 0 spiro atoms. The molecule has 2 rings (SSSR count). The van der Waals surface area contributed by atoms with Crippen molar-refractivity contribution in [2.45, 2.75) is 26.3 Å². The molecule has 0 bridgehead atoms. The highest BCUT2D eigenvalue weighted by molar-refractivity contribution is 7.17. The summed E-state index contributed by atoms with van der Waals surface area (Å²) in [5, 5.41) is 7.25. The average molecular weight is 316 g/mol. The number of aryl methyl sites for hydroxylation is 1. The molecular weight excluding hydrogens is 302 g/mol. The van der Waals surface area contributed by atoms with Crippen LogP contribution in [0.5, 0.6) is 0 Å². The third-order valence-electron chi connectivity index (χ3n) is 2.61. The zero-order chi connectivity index (χ0) is 15.4. The minimum atomic E-state index is -2.46. The zero-order valence-electron chi connectivity index (χ0n) is 11.5. The lowest BCUT2D eigenvalue weighted by molar-refractivity contribution is 0.0605. The third-order valence-corrected chi connectivity index (χ3v) is 3.61. The van der Waals surface area contributed by atoms with E-state index in [4.69, 9.17) is 4.74 Å². The van der Waals surface area contributed by atoms with Gasteiger partial charge in [-0.1, -0.05) is 18.3 Å². The monoisotopic (exact) mass is 316 g/mol. The fraction of sp³-hybridized carbons (Fsp3) is 0.417. The number of halogens is 2. The fourth-order valence-electron chi connectivity index (χ4n) is 1.69. The first kappa shape index (κ1) is 15.4. The van der Waals surface area contributed by atoms with E-state index in [0.717, 1.165) is 16.0 Å². The van der Waals surface area contributed by atoms with Crippen molar-refractivity contribution < 1.29 is 18.3 Å². The van der Waals surface area contributed by atoms with Crippen molar-refractivity contribution >= 4 is 28.1 Å². The van der Waals surface area contributed by atoms with Gasteiger partial charge in [0, 0.05) is 6.20 Å². The number of esters is 1. The van der Waals surface area contributed by atoms with Gasteiger partial charge in [-0.25, -0.2) is 18.6 Å². The van der Waals surface area contributed by atoms with Crippen LogP contribution in [0.4, 0.5) is 19.6 Å². The summed E-state index contributed by atoms with van der Waals surface area (Å²) in [7, 11) is 1.31. The zero-order valence-corrected chi connectivity index (χ0v) is 12.3. The van der Waals surface area contributed by atoms with Crippen molar-refractivity contribution in [2.24, 2.45) is 0 Å². The van der Waals surface area contributed by atoms with E-state index >= 15 is 0 Å². The molecule has 0 fully saturated rings. The van der Waals surface area contributed by atoms with E-state index in [-0.39, 0.29) is 0 Å². The molecule has 0 aliphatic carbocycles. The molecule has 0 amide bonds. The lowest BCUT2D eigenvalue weighted by Crippen LogP contribution is -2.06. The Morgan fingerprint density at radius 2 is 2.33 bits per heavy atom. The number of carbonyl (C=O) groups is 1. The van der Waals surface area contributed by atoms with Gasteiger partial charge in [-0.3, -0.25) is 4.68 Å². The van der Waals surface area contributed by atoms with Crippen LogP contribution in [0.2, 0.25) is 0 Å². The molecule has 1 N–H and O–H groups in total. The van der Waals surface area contributed by atoms with Gasteiger partial charge in [0.25, 0.3) is 6.43 Å². The highest BCUT2D eigenvalue weighted by Crippen LogP contribution is 2.27. The van der Waals surface area contributed by atoms with Gasteiger partial charge in [-0.15, -0.1) is 0 Å². The minimum absolute atomic E-state index is 0.433. The second kappa shape index (κ2) is 6.61. The van der Waals surface area contributed by atoms with E-state index in [1.165, 1.54) is 19.5 Å². The molecule has 0 radical (unpaired) electrons. The Labute approximate surface area is 123 Å². The molecule has 2 aromatic rings. The van der Waals surface area contributed by atoms with Crippen LogP contribution in [0.3, 0.4) is 0 Å². The molecule has 0 aliphatic heterocycles. The SMILES string of the molecule is CCc1nc(Nc2cnn(CC(F)F)c2)sc1C(=O)OC. The largest absolute Gasteiger partial charge is 0.465 e. The average Bonchev–Trinajstić information content (AvgIpc) is 3.04. The topological polar surface area (TPSA) is 69.0 Å². The van der Waals surface area contributed by atoms with Crippen LogP contribution in [-0.4, -0.2) is 34.3 Å². The number of aromatic nitrogens is 3. The van der Waals surface area contributed by atoms with E-state index in [1.807, 2.05) is 6.92 Å². The molecule has 0 unspecified atom stereocenters. The minimum Gasteiger partial charge on any atom is -0.465 e. The first-order valence-electron chi connectivity index (χ1n) is 6.19. The first-order chi connectivity index (χ1) is 10.0. The van der Waals surface area contributed by atoms with Crippen LogP contribution < -0.4 is 5.32 Å². The molecule has 0 aromatic carbocycles. The van der Waals surface area contributed by atoms with Gasteiger partial charge >= 0.3 is 5.97 Å². The van der Waals surface area contributed by atoms with Gasteiger partial charge in [-0.05, 0) is 6.42 Å². The predicted molar refractivity (Wildman–Crippen MR) is 74.3 cm³/mol. The van der Waals surface area contributed by atoms with Crippen LogP contribution in [0.15, 0.2) is 12.4 Å². The van der Waals surface area contributed by atoms with Crippen molar-refractivity contribution in [3.8, 4) is 0 Å². The molecular formula is C12H14F2N4O2S. The number of nitrogens with zero attached hydrogens (tertiary/aromatic N) is 3. The number of methoxy groups -OCH3 is 1. The third kappa shape index (κ3) is 3.75.